The second kappa shape index (κ2) is 6.76. The molecule has 2 N–H and O–H groups in total. The Kier molecular flexibility index (Phi) is 5.02. The van der Waals surface area contributed by atoms with Gasteiger partial charge in [0, 0.05) is 28.0 Å². The van der Waals surface area contributed by atoms with Crippen molar-refractivity contribution in [2.24, 2.45) is 0 Å². The summed E-state index contributed by atoms with van der Waals surface area (Å²) in [7, 11) is 0. The van der Waals surface area contributed by atoms with Gasteiger partial charge in [-0.05, 0) is 61.4 Å². The van der Waals surface area contributed by atoms with Crippen molar-refractivity contribution in [2.45, 2.75) is 20.3 Å². The van der Waals surface area contributed by atoms with Crippen molar-refractivity contribution in [2.75, 3.05) is 17.2 Å². The van der Waals surface area contributed by atoms with Crippen LogP contribution in [-0.2, 0) is 0 Å². The lowest BCUT2D eigenvalue weighted by Gasteiger charge is -2.23. The Labute approximate surface area is 133 Å². The third-order valence-corrected chi connectivity index (χ3v) is 3.81. The van der Waals surface area contributed by atoms with E-state index in [1.165, 1.54) is 0 Å². The summed E-state index contributed by atoms with van der Waals surface area (Å²) in [4.78, 5) is 14.6. The Morgan fingerprint density at radius 3 is 2.43 bits per heavy atom. The SMILES string of the molecule is CCCN(C(=O)c1ccc(Br)cc1C)c1ccc(N)cc1. The Balaban J connectivity index is 2.37. The van der Waals surface area contributed by atoms with E-state index in [2.05, 4.69) is 22.9 Å². The number of nitrogen functional groups attached to an aromatic ring is 1. The molecule has 0 atom stereocenters. The quantitative estimate of drug-likeness (QED) is 0.834. The van der Waals surface area contributed by atoms with Crippen molar-refractivity contribution in [1.29, 1.82) is 0 Å². The first-order valence-corrected chi connectivity index (χ1v) is 7.75. The maximum atomic E-state index is 12.8. The number of amides is 1. The van der Waals surface area contributed by atoms with Crippen LogP contribution < -0.4 is 10.6 Å². The molecule has 2 aromatic rings. The molecule has 0 aromatic heterocycles. The molecule has 0 aliphatic heterocycles. The van der Waals surface area contributed by atoms with E-state index in [0.29, 0.717) is 12.2 Å². The molecule has 2 rings (SSSR count). The largest absolute Gasteiger partial charge is 0.399 e. The van der Waals surface area contributed by atoms with Gasteiger partial charge in [0.1, 0.15) is 0 Å². The lowest BCUT2D eigenvalue weighted by Crippen LogP contribution is -2.32. The highest BCUT2D eigenvalue weighted by Crippen LogP contribution is 2.22. The molecule has 0 fully saturated rings. The number of benzene rings is 2. The number of halogens is 1. The maximum Gasteiger partial charge on any atom is 0.258 e. The van der Waals surface area contributed by atoms with Crippen LogP contribution in [0.4, 0.5) is 11.4 Å². The van der Waals surface area contributed by atoms with Gasteiger partial charge >= 0.3 is 0 Å². The average Bonchev–Trinajstić information content (AvgIpc) is 2.45. The molecule has 1 amide bonds. The second-order valence-electron chi connectivity index (χ2n) is 5.01. The normalized spacial score (nSPS) is 10.4. The number of hydrogen-bond acceptors (Lipinski definition) is 2. The van der Waals surface area contributed by atoms with Crippen LogP contribution in [0, 0.1) is 6.92 Å². The molecule has 0 heterocycles. The molecule has 4 heteroatoms. The fourth-order valence-electron chi connectivity index (χ4n) is 2.24. The summed E-state index contributed by atoms with van der Waals surface area (Å²) >= 11 is 3.43. The Morgan fingerprint density at radius 1 is 1.19 bits per heavy atom. The van der Waals surface area contributed by atoms with Gasteiger partial charge < -0.3 is 10.6 Å². The van der Waals surface area contributed by atoms with E-state index >= 15 is 0 Å². The number of carbonyl (C=O) groups is 1. The number of hydrogen-bond donors (Lipinski definition) is 1. The van der Waals surface area contributed by atoms with Crippen LogP contribution in [0.2, 0.25) is 0 Å². The van der Waals surface area contributed by atoms with Crippen molar-refractivity contribution in [3.8, 4) is 0 Å². The molecular weight excluding hydrogens is 328 g/mol. The fourth-order valence-corrected chi connectivity index (χ4v) is 2.71. The third kappa shape index (κ3) is 3.64. The Morgan fingerprint density at radius 2 is 1.86 bits per heavy atom. The molecule has 0 bridgehead atoms. The summed E-state index contributed by atoms with van der Waals surface area (Å²) < 4.78 is 0.978. The van der Waals surface area contributed by atoms with Crippen LogP contribution in [0.5, 0.6) is 0 Å². The topological polar surface area (TPSA) is 46.3 Å². The number of carbonyl (C=O) groups excluding carboxylic acids is 1. The maximum absolute atomic E-state index is 12.8. The monoisotopic (exact) mass is 346 g/mol. The van der Waals surface area contributed by atoms with Crippen molar-refractivity contribution in [3.05, 3.63) is 58.1 Å². The van der Waals surface area contributed by atoms with E-state index in [1.54, 1.807) is 4.90 Å². The van der Waals surface area contributed by atoms with Crippen LogP contribution in [0.15, 0.2) is 46.9 Å². The van der Waals surface area contributed by atoms with E-state index in [0.717, 1.165) is 27.7 Å². The molecule has 21 heavy (non-hydrogen) atoms. The number of aryl methyl sites for hydroxylation is 1. The van der Waals surface area contributed by atoms with E-state index in [-0.39, 0.29) is 5.91 Å². The minimum atomic E-state index is 0.0200. The molecule has 0 saturated carbocycles. The van der Waals surface area contributed by atoms with Crippen molar-refractivity contribution >= 4 is 33.2 Å². The molecule has 3 nitrogen and oxygen atoms in total. The summed E-state index contributed by atoms with van der Waals surface area (Å²) in [6.07, 6.45) is 0.895. The van der Waals surface area contributed by atoms with Gasteiger partial charge in [-0.25, -0.2) is 0 Å². The summed E-state index contributed by atoms with van der Waals surface area (Å²) in [5, 5.41) is 0. The number of anilines is 2. The number of rotatable bonds is 4. The van der Waals surface area contributed by atoms with Gasteiger partial charge in [-0.15, -0.1) is 0 Å². The van der Waals surface area contributed by atoms with E-state index < -0.39 is 0 Å². The van der Waals surface area contributed by atoms with Crippen molar-refractivity contribution in [1.82, 2.24) is 0 Å². The Hall–Kier alpha value is -1.81. The van der Waals surface area contributed by atoms with Gasteiger partial charge in [-0.3, -0.25) is 4.79 Å². The third-order valence-electron chi connectivity index (χ3n) is 3.32. The zero-order chi connectivity index (χ0) is 15.4. The lowest BCUT2D eigenvalue weighted by atomic mass is 10.1. The molecule has 0 radical (unpaired) electrons. The lowest BCUT2D eigenvalue weighted by molar-refractivity contribution is 0.0986. The summed E-state index contributed by atoms with van der Waals surface area (Å²) in [5.74, 6) is 0.0200. The van der Waals surface area contributed by atoms with Crippen LogP contribution >= 0.6 is 15.9 Å². The highest BCUT2D eigenvalue weighted by molar-refractivity contribution is 9.10. The van der Waals surface area contributed by atoms with E-state index in [4.69, 9.17) is 5.73 Å². The van der Waals surface area contributed by atoms with Gasteiger partial charge in [0.2, 0.25) is 0 Å². The number of nitrogens with zero attached hydrogens (tertiary/aromatic N) is 1. The van der Waals surface area contributed by atoms with E-state index in [1.807, 2.05) is 49.4 Å². The summed E-state index contributed by atoms with van der Waals surface area (Å²) in [6, 6.07) is 13.1. The van der Waals surface area contributed by atoms with Crippen LogP contribution in [0.1, 0.15) is 29.3 Å². The molecular formula is C17H19BrN2O. The second-order valence-corrected chi connectivity index (χ2v) is 5.92. The van der Waals surface area contributed by atoms with Gasteiger partial charge in [-0.1, -0.05) is 22.9 Å². The standard InChI is InChI=1S/C17H19BrN2O/c1-3-10-20(15-7-5-14(19)6-8-15)17(21)16-9-4-13(18)11-12(16)2/h4-9,11H,3,10,19H2,1-2H3. The predicted octanol–water partition coefficient (Wildman–Crippen LogP) is 4.40. The Bertz CT molecular complexity index is 638. The first-order valence-electron chi connectivity index (χ1n) is 6.96. The van der Waals surface area contributed by atoms with Crippen LogP contribution in [0.3, 0.4) is 0 Å². The van der Waals surface area contributed by atoms with Crippen molar-refractivity contribution in [3.63, 3.8) is 0 Å². The zero-order valence-electron chi connectivity index (χ0n) is 12.3. The molecule has 2 aromatic carbocycles. The van der Waals surface area contributed by atoms with Gasteiger partial charge in [-0.2, -0.15) is 0 Å². The van der Waals surface area contributed by atoms with Gasteiger partial charge in [0.05, 0.1) is 0 Å². The molecule has 0 saturated heterocycles. The van der Waals surface area contributed by atoms with Crippen LogP contribution in [0.25, 0.3) is 0 Å². The highest BCUT2D eigenvalue weighted by atomic mass is 79.9. The van der Waals surface area contributed by atoms with Gasteiger partial charge in [0.25, 0.3) is 5.91 Å². The molecule has 0 aliphatic carbocycles. The molecule has 0 spiro atoms. The first kappa shape index (κ1) is 15.6. The predicted molar refractivity (Wildman–Crippen MR) is 91.7 cm³/mol. The molecule has 0 unspecified atom stereocenters. The van der Waals surface area contributed by atoms with E-state index in [9.17, 15) is 4.79 Å². The van der Waals surface area contributed by atoms with Crippen molar-refractivity contribution < 1.29 is 4.79 Å². The van der Waals surface area contributed by atoms with Gasteiger partial charge in [0.15, 0.2) is 0 Å². The molecule has 110 valence electrons. The smallest absolute Gasteiger partial charge is 0.258 e. The minimum Gasteiger partial charge on any atom is -0.399 e. The number of nitrogens with two attached hydrogens (primary N) is 1. The fraction of sp³-hybridized carbons (Fsp3) is 0.235. The van der Waals surface area contributed by atoms with Crippen LogP contribution in [-0.4, -0.2) is 12.5 Å². The zero-order valence-corrected chi connectivity index (χ0v) is 13.9. The average molecular weight is 347 g/mol. The minimum absolute atomic E-state index is 0.0200. The summed E-state index contributed by atoms with van der Waals surface area (Å²) in [6.45, 7) is 4.69. The molecule has 0 aliphatic rings. The summed E-state index contributed by atoms with van der Waals surface area (Å²) in [5.41, 5.74) is 8.98. The highest BCUT2D eigenvalue weighted by Gasteiger charge is 2.18. The first-order chi connectivity index (χ1) is 10.0.